The summed E-state index contributed by atoms with van der Waals surface area (Å²) in [5, 5.41) is 12.1. The van der Waals surface area contributed by atoms with Crippen molar-refractivity contribution >= 4 is 17.8 Å². The summed E-state index contributed by atoms with van der Waals surface area (Å²) in [7, 11) is 0. The van der Waals surface area contributed by atoms with Crippen molar-refractivity contribution in [3.63, 3.8) is 0 Å². The van der Waals surface area contributed by atoms with Crippen molar-refractivity contribution in [3.05, 3.63) is 0 Å². The highest BCUT2D eigenvalue weighted by Crippen LogP contribution is 2.10. The molecule has 2 amide bonds. The van der Waals surface area contributed by atoms with Gasteiger partial charge >= 0.3 is 5.97 Å². The van der Waals surface area contributed by atoms with Crippen LogP contribution in [0.3, 0.4) is 0 Å². The van der Waals surface area contributed by atoms with Gasteiger partial charge in [-0.25, -0.2) is 0 Å². The molecular formula is C14H26N2O5. The quantitative estimate of drug-likeness (QED) is 0.516. The number of nitrogens with two attached hydrogens (primary N) is 1. The molecular weight excluding hydrogens is 276 g/mol. The lowest BCUT2D eigenvalue weighted by Gasteiger charge is -2.21. The summed E-state index contributed by atoms with van der Waals surface area (Å²) in [4.78, 5) is 34.7. The number of carbonyl (C=O) groups is 3. The Morgan fingerprint density at radius 1 is 1.19 bits per heavy atom. The topological polar surface area (TPSA) is 119 Å². The molecule has 0 heterocycles. The van der Waals surface area contributed by atoms with Gasteiger partial charge in [-0.05, 0) is 25.7 Å². The SMILES string of the molecule is CCOC(=O)[C@@H](C)C[C@@H](NC(=O)[C@@H](O)CC(C)C)C(N)=O. The van der Waals surface area contributed by atoms with Crippen LogP contribution in [0, 0.1) is 11.8 Å². The Morgan fingerprint density at radius 2 is 1.76 bits per heavy atom. The summed E-state index contributed by atoms with van der Waals surface area (Å²) < 4.78 is 4.84. The smallest absolute Gasteiger partial charge is 0.308 e. The van der Waals surface area contributed by atoms with Gasteiger partial charge in [-0.3, -0.25) is 14.4 Å². The Bertz CT molecular complexity index is 370. The van der Waals surface area contributed by atoms with E-state index in [1.807, 2.05) is 13.8 Å². The molecule has 0 aliphatic carbocycles. The van der Waals surface area contributed by atoms with E-state index in [2.05, 4.69) is 5.32 Å². The fourth-order valence-electron chi connectivity index (χ4n) is 1.80. The van der Waals surface area contributed by atoms with Crippen molar-refractivity contribution < 1.29 is 24.2 Å². The van der Waals surface area contributed by atoms with Crippen LogP contribution in [0.1, 0.15) is 40.5 Å². The molecule has 7 heteroatoms. The zero-order chi connectivity index (χ0) is 16.6. The molecule has 0 aromatic carbocycles. The molecule has 0 aromatic rings. The predicted molar refractivity (Wildman–Crippen MR) is 77.0 cm³/mol. The Hall–Kier alpha value is -1.63. The second-order valence-electron chi connectivity index (χ2n) is 5.50. The first kappa shape index (κ1) is 19.4. The van der Waals surface area contributed by atoms with Crippen molar-refractivity contribution in [2.24, 2.45) is 17.6 Å². The van der Waals surface area contributed by atoms with E-state index in [4.69, 9.17) is 10.5 Å². The lowest BCUT2D eigenvalue weighted by atomic mass is 10.00. The standard InChI is InChI=1S/C14H26N2O5/c1-5-21-14(20)9(4)7-10(12(15)18)16-13(19)11(17)6-8(2)3/h8-11,17H,5-7H2,1-4H3,(H2,15,18)(H,16,19)/t9-,10+,11-/m0/s1. The number of ether oxygens (including phenoxy) is 1. The summed E-state index contributed by atoms with van der Waals surface area (Å²) in [5.41, 5.74) is 5.22. The maximum Gasteiger partial charge on any atom is 0.308 e. The third-order valence-electron chi connectivity index (χ3n) is 2.94. The molecule has 7 nitrogen and oxygen atoms in total. The first-order valence-electron chi connectivity index (χ1n) is 7.13. The predicted octanol–water partition coefficient (Wildman–Crippen LogP) is -0.0472. The minimum absolute atomic E-state index is 0.0360. The van der Waals surface area contributed by atoms with E-state index in [0.29, 0.717) is 0 Å². The second kappa shape index (κ2) is 9.33. The normalized spacial score (nSPS) is 15.1. The van der Waals surface area contributed by atoms with Crippen LogP contribution in [0.5, 0.6) is 0 Å². The molecule has 0 rings (SSSR count). The Morgan fingerprint density at radius 3 is 2.19 bits per heavy atom. The van der Waals surface area contributed by atoms with Gasteiger partial charge < -0.3 is 20.9 Å². The van der Waals surface area contributed by atoms with Crippen LogP contribution >= 0.6 is 0 Å². The fraction of sp³-hybridized carbons (Fsp3) is 0.786. The molecule has 122 valence electrons. The van der Waals surface area contributed by atoms with E-state index >= 15 is 0 Å². The third-order valence-corrected chi connectivity index (χ3v) is 2.94. The molecule has 0 radical (unpaired) electrons. The van der Waals surface area contributed by atoms with Crippen molar-refractivity contribution in [3.8, 4) is 0 Å². The minimum atomic E-state index is -1.20. The molecule has 0 unspecified atom stereocenters. The largest absolute Gasteiger partial charge is 0.466 e. The number of aliphatic hydroxyl groups excluding tert-OH is 1. The van der Waals surface area contributed by atoms with Crippen molar-refractivity contribution in [2.45, 2.75) is 52.7 Å². The van der Waals surface area contributed by atoms with Crippen LogP contribution in [0.2, 0.25) is 0 Å². The third kappa shape index (κ3) is 7.65. The van der Waals surface area contributed by atoms with Crippen molar-refractivity contribution in [1.29, 1.82) is 0 Å². The fourth-order valence-corrected chi connectivity index (χ4v) is 1.80. The summed E-state index contributed by atoms with van der Waals surface area (Å²) in [6.07, 6.45) is -0.885. The van der Waals surface area contributed by atoms with Crippen LogP contribution in [0.4, 0.5) is 0 Å². The molecule has 0 fully saturated rings. The summed E-state index contributed by atoms with van der Waals surface area (Å²) in [5.74, 6) is -2.32. The van der Waals surface area contributed by atoms with E-state index in [1.54, 1.807) is 13.8 Å². The van der Waals surface area contributed by atoms with E-state index < -0.39 is 35.8 Å². The number of amides is 2. The van der Waals surface area contributed by atoms with Gasteiger partial charge in [0.1, 0.15) is 12.1 Å². The summed E-state index contributed by atoms with van der Waals surface area (Å²) in [6.45, 7) is 7.24. The van der Waals surface area contributed by atoms with Crippen LogP contribution in [-0.4, -0.2) is 41.6 Å². The van der Waals surface area contributed by atoms with Crippen LogP contribution in [0.15, 0.2) is 0 Å². The monoisotopic (exact) mass is 302 g/mol. The van der Waals surface area contributed by atoms with Gasteiger partial charge in [0.15, 0.2) is 0 Å². The lowest BCUT2D eigenvalue weighted by Crippen LogP contribution is -2.49. The number of primary amides is 1. The second-order valence-corrected chi connectivity index (χ2v) is 5.50. The van der Waals surface area contributed by atoms with Crippen molar-refractivity contribution in [1.82, 2.24) is 5.32 Å². The highest BCUT2D eigenvalue weighted by molar-refractivity contribution is 5.88. The van der Waals surface area contributed by atoms with E-state index in [9.17, 15) is 19.5 Å². The zero-order valence-corrected chi connectivity index (χ0v) is 13.1. The summed E-state index contributed by atoms with van der Waals surface area (Å²) in [6, 6.07) is -1.02. The molecule has 0 saturated heterocycles. The van der Waals surface area contributed by atoms with Crippen molar-refractivity contribution in [2.75, 3.05) is 6.61 Å². The van der Waals surface area contributed by atoms with Gasteiger partial charge in [-0.15, -0.1) is 0 Å². The molecule has 0 aliphatic heterocycles. The number of hydrogen-bond donors (Lipinski definition) is 3. The van der Waals surface area contributed by atoms with Gasteiger partial charge in [0, 0.05) is 0 Å². The number of nitrogens with one attached hydrogen (secondary N) is 1. The maximum atomic E-state index is 11.8. The van der Waals surface area contributed by atoms with Gasteiger partial charge in [0.05, 0.1) is 12.5 Å². The van der Waals surface area contributed by atoms with E-state index in [-0.39, 0.29) is 25.4 Å². The first-order chi connectivity index (χ1) is 9.68. The molecule has 0 aliphatic rings. The minimum Gasteiger partial charge on any atom is -0.466 e. The Labute approximate surface area is 125 Å². The number of aliphatic hydroxyl groups is 1. The Kier molecular flexibility index (Phi) is 8.61. The molecule has 4 N–H and O–H groups in total. The maximum absolute atomic E-state index is 11.8. The molecule has 0 spiro atoms. The van der Waals surface area contributed by atoms with Gasteiger partial charge in [-0.2, -0.15) is 0 Å². The molecule has 0 saturated carbocycles. The zero-order valence-electron chi connectivity index (χ0n) is 13.1. The molecule has 0 bridgehead atoms. The first-order valence-corrected chi connectivity index (χ1v) is 7.13. The average Bonchev–Trinajstić information content (AvgIpc) is 2.36. The Balaban J connectivity index is 4.59. The van der Waals surface area contributed by atoms with Gasteiger partial charge in [0.2, 0.25) is 11.8 Å². The number of rotatable bonds is 9. The molecule has 21 heavy (non-hydrogen) atoms. The van der Waals surface area contributed by atoms with Crippen LogP contribution in [-0.2, 0) is 19.1 Å². The van der Waals surface area contributed by atoms with Crippen LogP contribution in [0.25, 0.3) is 0 Å². The van der Waals surface area contributed by atoms with Gasteiger partial charge in [-0.1, -0.05) is 20.8 Å². The molecule has 3 atom stereocenters. The summed E-state index contributed by atoms with van der Waals surface area (Å²) >= 11 is 0. The average molecular weight is 302 g/mol. The van der Waals surface area contributed by atoms with E-state index in [1.165, 1.54) is 0 Å². The highest BCUT2D eigenvalue weighted by atomic mass is 16.5. The van der Waals surface area contributed by atoms with Gasteiger partial charge in [0.25, 0.3) is 0 Å². The number of esters is 1. The molecule has 0 aromatic heterocycles. The number of carbonyl (C=O) groups excluding carboxylic acids is 3. The number of hydrogen-bond acceptors (Lipinski definition) is 5. The lowest BCUT2D eigenvalue weighted by molar-refractivity contribution is -0.148. The van der Waals surface area contributed by atoms with E-state index in [0.717, 1.165) is 0 Å². The highest BCUT2D eigenvalue weighted by Gasteiger charge is 2.27. The van der Waals surface area contributed by atoms with Crippen LogP contribution < -0.4 is 11.1 Å².